The monoisotopic (exact) mass is 341 g/mol. The second-order valence-electron chi connectivity index (χ2n) is 6.30. The normalized spacial score (nSPS) is 16.0. The fraction of sp³-hybridized carbons (Fsp3) is 0.474. The van der Waals surface area contributed by atoms with Crippen LogP contribution in [0.3, 0.4) is 0 Å². The minimum atomic E-state index is 0.583. The van der Waals surface area contributed by atoms with Crippen molar-refractivity contribution in [1.82, 2.24) is 20.7 Å². The van der Waals surface area contributed by atoms with Crippen molar-refractivity contribution >= 4 is 5.96 Å². The number of hydrogen-bond acceptors (Lipinski definition) is 4. The zero-order valence-corrected chi connectivity index (χ0v) is 14.9. The van der Waals surface area contributed by atoms with Gasteiger partial charge in [0, 0.05) is 31.8 Å². The summed E-state index contributed by atoms with van der Waals surface area (Å²) in [4.78, 5) is 6.78. The number of nitrogens with one attached hydrogen (secondary N) is 2. The third kappa shape index (κ3) is 5.32. The molecule has 0 bridgehead atoms. The highest BCUT2D eigenvalue weighted by atomic mass is 16.5. The van der Waals surface area contributed by atoms with Crippen LogP contribution in [0.1, 0.15) is 25.0 Å². The lowest BCUT2D eigenvalue weighted by atomic mass is 10.1. The molecule has 3 rings (SSSR count). The van der Waals surface area contributed by atoms with Gasteiger partial charge in [0.25, 0.3) is 0 Å². The lowest BCUT2D eigenvalue weighted by Crippen LogP contribution is -2.42. The van der Waals surface area contributed by atoms with Crippen LogP contribution in [-0.4, -0.2) is 49.2 Å². The summed E-state index contributed by atoms with van der Waals surface area (Å²) in [6.07, 6.45) is 4.02. The summed E-state index contributed by atoms with van der Waals surface area (Å²) >= 11 is 0. The smallest absolute Gasteiger partial charge is 0.191 e. The second kappa shape index (κ2) is 9.22. The van der Waals surface area contributed by atoms with E-state index < -0.39 is 0 Å². The topological polar surface area (TPSA) is 65.7 Å². The minimum absolute atomic E-state index is 0.583. The Morgan fingerprint density at radius 2 is 1.96 bits per heavy atom. The maximum absolute atomic E-state index is 5.42. The highest BCUT2D eigenvalue weighted by Crippen LogP contribution is 2.19. The lowest BCUT2D eigenvalue weighted by molar-refractivity contribution is 0.232. The Morgan fingerprint density at radius 1 is 1.16 bits per heavy atom. The predicted molar refractivity (Wildman–Crippen MR) is 100 cm³/mol. The van der Waals surface area contributed by atoms with Crippen LogP contribution in [0.5, 0.6) is 0 Å². The number of rotatable bonds is 6. The van der Waals surface area contributed by atoms with Gasteiger partial charge in [-0.05, 0) is 25.9 Å². The number of piperidine rings is 1. The van der Waals surface area contributed by atoms with Crippen molar-refractivity contribution in [3.05, 3.63) is 42.1 Å². The molecule has 0 amide bonds. The molecular formula is C19H27N5O. The molecule has 0 saturated carbocycles. The highest BCUT2D eigenvalue weighted by Gasteiger charge is 2.10. The van der Waals surface area contributed by atoms with Crippen LogP contribution in [-0.2, 0) is 6.54 Å². The summed E-state index contributed by atoms with van der Waals surface area (Å²) in [7, 11) is 1.79. The third-order valence-electron chi connectivity index (χ3n) is 4.45. The number of hydrogen-bond donors (Lipinski definition) is 2. The first-order valence-corrected chi connectivity index (χ1v) is 9.03. The molecule has 1 aromatic carbocycles. The molecule has 0 aliphatic carbocycles. The zero-order chi connectivity index (χ0) is 17.3. The average molecular weight is 341 g/mol. The van der Waals surface area contributed by atoms with Gasteiger partial charge in [-0.15, -0.1) is 0 Å². The molecule has 2 heterocycles. The first kappa shape index (κ1) is 17.5. The van der Waals surface area contributed by atoms with E-state index in [-0.39, 0.29) is 0 Å². The molecule has 2 aromatic rings. The molecule has 134 valence electrons. The van der Waals surface area contributed by atoms with Gasteiger partial charge < -0.3 is 20.1 Å². The number of aromatic nitrogens is 1. The van der Waals surface area contributed by atoms with E-state index in [2.05, 4.69) is 25.7 Å². The average Bonchev–Trinajstić information content (AvgIpc) is 3.15. The van der Waals surface area contributed by atoms with Crippen LogP contribution in [0, 0.1) is 0 Å². The summed E-state index contributed by atoms with van der Waals surface area (Å²) in [6, 6.07) is 12.0. The number of guanidine groups is 1. The minimum Gasteiger partial charge on any atom is -0.356 e. The quantitative estimate of drug-likeness (QED) is 0.624. The summed E-state index contributed by atoms with van der Waals surface area (Å²) in [5.41, 5.74) is 1.89. The SMILES string of the molecule is CN=C(NCCN1CCCCC1)NCc1cc(-c2ccccc2)on1. The first-order chi connectivity index (χ1) is 12.3. The molecule has 25 heavy (non-hydrogen) atoms. The molecule has 1 saturated heterocycles. The summed E-state index contributed by atoms with van der Waals surface area (Å²) < 4.78 is 5.42. The van der Waals surface area contributed by atoms with Crippen molar-refractivity contribution in [2.75, 3.05) is 33.2 Å². The van der Waals surface area contributed by atoms with Gasteiger partial charge >= 0.3 is 0 Å². The molecule has 0 spiro atoms. The van der Waals surface area contributed by atoms with Gasteiger partial charge in [-0.25, -0.2) is 0 Å². The van der Waals surface area contributed by atoms with Crippen molar-refractivity contribution in [2.24, 2.45) is 4.99 Å². The maximum Gasteiger partial charge on any atom is 0.191 e. The van der Waals surface area contributed by atoms with Gasteiger partial charge in [0.15, 0.2) is 11.7 Å². The van der Waals surface area contributed by atoms with Crippen molar-refractivity contribution in [1.29, 1.82) is 0 Å². The van der Waals surface area contributed by atoms with E-state index in [0.717, 1.165) is 36.1 Å². The molecule has 1 aromatic heterocycles. The Hall–Kier alpha value is -2.34. The molecular weight excluding hydrogens is 314 g/mol. The van der Waals surface area contributed by atoms with Crippen LogP contribution in [0.15, 0.2) is 45.9 Å². The molecule has 6 nitrogen and oxygen atoms in total. The van der Waals surface area contributed by atoms with E-state index in [4.69, 9.17) is 4.52 Å². The van der Waals surface area contributed by atoms with Gasteiger partial charge in [0.2, 0.25) is 0 Å². The Bertz CT molecular complexity index is 661. The largest absolute Gasteiger partial charge is 0.356 e. The van der Waals surface area contributed by atoms with Crippen LogP contribution < -0.4 is 10.6 Å². The standard InChI is InChI=1S/C19H27N5O/c1-20-19(21-10-13-24-11-6-3-7-12-24)22-15-17-14-18(25-23-17)16-8-4-2-5-9-16/h2,4-5,8-9,14H,3,6-7,10-13,15H2,1H3,(H2,20,21,22). The Morgan fingerprint density at radius 3 is 2.72 bits per heavy atom. The van der Waals surface area contributed by atoms with Crippen LogP contribution in [0.25, 0.3) is 11.3 Å². The first-order valence-electron chi connectivity index (χ1n) is 9.03. The summed E-state index contributed by atoms with van der Waals surface area (Å²) in [5.74, 6) is 1.58. The lowest BCUT2D eigenvalue weighted by Gasteiger charge is -2.26. The fourth-order valence-corrected chi connectivity index (χ4v) is 3.04. The van der Waals surface area contributed by atoms with E-state index >= 15 is 0 Å². The molecule has 2 N–H and O–H groups in total. The van der Waals surface area contributed by atoms with E-state index in [1.54, 1.807) is 7.05 Å². The molecule has 6 heteroatoms. The van der Waals surface area contributed by atoms with Crippen LogP contribution >= 0.6 is 0 Å². The van der Waals surface area contributed by atoms with E-state index in [0.29, 0.717) is 6.54 Å². The van der Waals surface area contributed by atoms with Gasteiger partial charge in [-0.2, -0.15) is 0 Å². The molecule has 0 atom stereocenters. The molecule has 1 aliphatic rings. The van der Waals surface area contributed by atoms with Crippen LogP contribution in [0.4, 0.5) is 0 Å². The van der Waals surface area contributed by atoms with Crippen molar-refractivity contribution in [3.8, 4) is 11.3 Å². The van der Waals surface area contributed by atoms with Gasteiger partial charge in [0.05, 0.1) is 6.54 Å². The van der Waals surface area contributed by atoms with E-state index in [1.807, 2.05) is 36.4 Å². The fourth-order valence-electron chi connectivity index (χ4n) is 3.04. The maximum atomic E-state index is 5.42. The van der Waals surface area contributed by atoms with Crippen molar-refractivity contribution in [2.45, 2.75) is 25.8 Å². The summed E-state index contributed by atoms with van der Waals surface area (Å²) in [6.45, 7) is 4.97. The third-order valence-corrected chi connectivity index (χ3v) is 4.45. The number of benzene rings is 1. The molecule has 0 radical (unpaired) electrons. The highest BCUT2D eigenvalue weighted by molar-refractivity contribution is 5.79. The van der Waals surface area contributed by atoms with Gasteiger partial charge in [-0.1, -0.05) is 41.9 Å². The number of aliphatic imine (C=N–C) groups is 1. The molecule has 1 fully saturated rings. The number of likely N-dealkylation sites (tertiary alicyclic amines) is 1. The Labute approximate surface area is 149 Å². The summed E-state index contributed by atoms with van der Waals surface area (Å²) in [5, 5.41) is 10.8. The molecule has 0 unspecified atom stereocenters. The van der Waals surface area contributed by atoms with Crippen molar-refractivity contribution < 1.29 is 4.52 Å². The van der Waals surface area contributed by atoms with Crippen LogP contribution in [0.2, 0.25) is 0 Å². The zero-order valence-electron chi connectivity index (χ0n) is 14.9. The second-order valence-corrected chi connectivity index (χ2v) is 6.30. The Kier molecular flexibility index (Phi) is 6.45. The number of nitrogens with zero attached hydrogens (tertiary/aromatic N) is 3. The van der Waals surface area contributed by atoms with Gasteiger partial charge in [-0.3, -0.25) is 4.99 Å². The predicted octanol–water partition coefficient (Wildman–Crippen LogP) is 2.49. The van der Waals surface area contributed by atoms with E-state index in [9.17, 15) is 0 Å². The Balaban J connectivity index is 1.43. The molecule has 1 aliphatic heterocycles. The van der Waals surface area contributed by atoms with E-state index in [1.165, 1.54) is 32.4 Å². The van der Waals surface area contributed by atoms with Crippen molar-refractivity contribution in [3.63, 3.8) is 0 Å². The van der Waals surface area contributed by atoms with Gasteiger partial charge in [0.1, 0.15) is 5.69 Å².